The molecule has 1 saturated carbocycles. The number of ether oxygens (including phenoxy) is 2. The largest absolute Gasteiger partial charge is 0.495 e. The summed E-state index contributed by atoms with van der Waals surface area (Å²) in [5.41, 5.74) is 0.371. The summed E-state index contributed by atoms with van der Waals surface area (Å²) >= 11 is 0. The highest BCUT2D eigenvalue weighted by molar-refractivity contribution is 5.91. The minimum absolute atomic E-state index is 0.0558. The number of amides is 2. The molecule has 2 amide bonds. The molecule has 4 rings (SSSR count). The second kappa shape index (κ2) is 10.5. The monoisotopic (exact) mass is 459 g/mol. The normalized spacial score (nSPS) is 24.4. The van der Waals surface area contributed by atoms with Crippen molar-refractivity contribution in [1.82, 2.24) is 20.3 Å². The van der Waals surface area contributed by atoms with Crippen LogP contribution in [-0.4, -0.2) is 63.2 Å². The van der Waals surface area contributed by atoms with Crippen molar-refractivity contribution in [2.24, 2.45) is 0 Å². The van der Waals surface area contributed by atoms with Crippen LogP contribution in [0.3, 0.4) is 0 Å². The van der Waals surface area contributed by atoms with Gasteiger partial charge in [-0.25, -0.2) is 4.79 Å². The Balaban J connectivity index is 1.26. The molecule has 2 aliphatic rings. The van der Waals surface area contributed by atoms with Crippen LogP contribution >= 0.6 is 0 Å². The zero-order valence-corrected chi connectivity index (χ0v) is 18.9. The van der Waals surface area contributed by atoms with Gasteiger partial charge < -0.3 is 30.3 Å². The van der Waals surface area contributed by atoms with Gasteiger partial charge in [-0.05, 0) is 44.2 Å². The van der Waals surface area contributed by atoms with E-state index < -0.39 is 11.7 Å². The maximum Gasteiger partial charge on any atom is 0.319 e. The van der Waals surface area contributed by atoms with Gasteiger partial charge in [0.2, 0.25) is 0 Å². The zero-order valence-electron chi connectivity index (χ0n) is 18.9. The molecule has 2 aromatic rings. The van der Waals surface area contributed by atoms with E-state index >= 15 is 0 Å². The molecule has 0 spiro atoms. The van der Waals surface area contributed by atoms with Crippen LogP contribution in [0, 0.1) is 0 Å². The molecule has 1 aliphatic carbocycles. The van der Waals surface area contributed by atoms with Crippen molar-refractivity contribution in [2.75, 3.05) is 19.0 Å². The van der Waals surface area contributed by atoms with E-state index in [0.717, 1.165) is 32.1 Å². The molecule has 0 bridgehead atoms. The number of carbonyl (C=O) groups is 1. The Morgan fingerprint density at radius 2 is 2.09 bits per heavy atom. The van der Waals surface area contributed by atoms with Gasteiger partial charge in [0.1, 0.15) is 23.1 Å². The summed E-state index contributed by atoms with van der Waals surface area (Å²) in [6.45, 7) is 0.425. The smallest absolute Gasteiger partial charge is 0.319 e. The number of para-hydroxylation sites is 2. The van der Waals surface area contributed by atoms with Crippen LogP contribution in [0.25, 0.3) is 0 Å². The lowest BCUT2D eigenvalue weighted by atomic mass is 9.97. The molecule has 2 heterocycles. The molecule has 2 fully saturated rings. The number of aliphatic hydroxyl groups excluding tert-OH is 1. The highest BCUT2D eigenvalue weighted by atomic mass is 16.5. The van der Waals surface area contributed by atoms with Crippen molar-refractivity contribution in [3.8, 4) is 5.75 Å². The van der Waals surface area contributed by atoms with Crippen molar-refractivity contribution < 1.29 is 24.5 Å². The second-order valence-corrected chi connectivity index (χ2v) is 8.86. The summed E-state index contributed by atoms with van der Waals surface area (Å²) in [4.78, 5) is 12.5. The average molecular weight is 460 g/mol. The average Bonchev–Trinajstić information content (AvgIpc) is 3.49. The minimum Gasteiger partial charge on any atom is -0.495 e. The molecule has 1 saturated heterocycles. The lowest BCUT2D eigenvalue weighted by molar-refractivity contribution is -0.0905. The van der Waals surface area contributed by atoms with Crippen LogP contribution in [0.4, 0.5) is 10.5 Å². The number of hydrogen-bond donors (Lipinski definition) is 4. The van der Waals surface area contributed by atoms with E-state index in [4.69, 9.17) is 9.47 Å². The molecule has 0 radical (unpaired) electrons. The van der Waals surface area contributed by atoms with E-state index in [1.54, 1.807) is 23.9 Å². The first kappa shape index (κ1) is 23.5. The summed E-state index contributed by atoms with van der Waals surface area (Å²) in [5, 5.41) is 34.5. The molecule has 180 valence electrons. The van der Waals surface area contributed by atoms with Crippen molar-refractivity contribution >= 4 is 11.7 Å². The third-order valence-electron chi connectivity index (χ3n) is 6.59. The summed E-state index contributed by atoms with van der Waals surface area (Å²) < 4.78 is 13.1. The van der Waals surface area contributed by atoms with Crippen LogP contribution in [0.2, 0.25) is 0 Å². The lowest BCUT2D eigenvalue weighted by Gasteiger charge is -2.36. The van der Waals surface area contributed by atoms with Crippen LogP contribution in [0.1, 0.15) is 50.6 Å². The molecule has 10 nitrogen and oxygen atoms in total. The Bertz CT molecular complexity index is 929. The Morgan fingerprint density at radius 3 is 2.85 bits per heavy atom. The number of aryl methyl sites for hydroxylation is 1. The van der Waals surface area contributed by atoms with Gasteiger partial charge in [0.25, 0.3) is 0 Å². The van der Waals surface area contributed by atoms with Crippen molar-refractivity contribution in [1.29, 1.82) is 0 Å². The van der Waals surface area contributed by atoms with Gasteiger partial charge in [0.15, 0.2) is 0 Å². The summed E-state index contributed by atoms with van der Waals surface area (Å²) in [6, 6.07) is 6.51. The van der Waals surface area contributed by atoms with Gasteiger partial charge in [-0.15, -0.1) is 5.10 Å². The number of aromatic nitrogens is 3. The molecular formula is C23H33N5O5. The Labute approximate surface area is 193 Å². The van der Waals surface area contributed by atoms with Crippen LogP contribution in [0.5, 0.6) is 5.75 Å². The quantitative estimate of drug-likeness (QED) is 0.476. The maximum atomic E-state index is 12.5. The third-order valence-corrected chi connectivity index (χ3v) is 6.59. The first-order chi connectivity index (χ1) is 16.0. The van der Waals surface area contributed by atoms with E-state index in [0.29, 0.717) is 36.5 Å². The van der Waals surface area contributed by atoms with E-state index in [1.807, 2.05) is 18.3 Å². The van der Waals surface area contributed by atoms with Gasteiger partial charge in [-0.3, -0.25) is 4.68 Å². The van der Waals surface area contributed by atoms with Gasteiger partial charge in [-0.1, -0.05) is 30.2 Å². The van der Waals surface area contributed by atoms with Gasteiger partial charge in [0.05, 0.1) is 37.7 Å². The summed E-state index contributed by atoms with van der Waals surface area (Å²) in [7, 11) is 1.55. The molecule has 33 heavy (non-hydrogen) atoms. The first-order valence-electron chi connectivity index (χ1n) is 11.6. The van der Waals surface area contributed by atoms with E-state index in [-0.39, 0.29) is 24.8 Å². The number of anilines is 1. The fourth-order valence-corrected chi connectivity index (χ4v) is 4.70. The maximum absolute atomic E-state index is 12.5. The zero-order chi connectivity index (χ0) is 23.3. The number of urea groups is 1. The number of hydrogen-bond acceptors (Lipinski definition) is 7. The topological polar surface area (TPSA) is 131 Å². The van der Waals surface area contributed by atoms with E-state index in [2.05, 4.69) is 20.9 Å². The third kappa shape index (κ3) is 5.63. The predicted molar refractivity (Wildman–Crippen MR) is 121 cm³/mol. The SMILES string of the molecule is COc1ccccc1NC(=O)N[C@@H]1CC[C@H](CCn2cc(C3(O)CCCC3)nn2)O[C@@H]1CO. The highest BCUT2D eigenvalue weighted by Crippen LogP contribution is 2.37. The number of rotatable bonds is 8. The van der Waals surface area contributed by atoms with Crippen molar-refractivity contribution in [2.45, 2.75) is 75.3 Å². The lowest BCUT2D eigenvalue weighted by Crippen LogP contribution is -2.52. The minimum atomic E-state index is -0.842. The molecule has 1 aromatic carbocycles. The van der Waals surface area contributed by atoms with Crippen LogP contribution in [0.15, 0.2) is 30.5 Å². The van der Waals surface area contributed by atoms with Gasteiger partial charge in [0, 0.05) is 6.54 Å². The van der Waals surface area contributed by atoms with Gasteiger partial charge in [-0.2, -0.15) is 0 Å². The van der Waals surface area contributed by atoms with Crippen LogP contribution in [-0.2, 0) is 16.9 Å². The number of carbonyl (C=O) groups excluding carboxylic acids is 1. The molecular weight excluding hydrogens is 426 g/mol. The van der Waals surface area contributed by atoms with E-state index in [9.17, 15) is 15.0 Å². The second-order valence-electron chi connectivity index (χ2n) is 8.86. The predicted octanol–water partition coefficient (Wildman–Crippen LogP) is 2.17. The molecule has 0 unspecified atom stereocenters. The van der Waals surface area contributed by atoms with Crippen molar-refractivity contribution in [3.63, 3.8) is 0 Å². The molecule has 1 aliphatic heterocycles. The number of nitrogens with zero attached hydrogens (tertiary/aromatic N) is 3. The fourth-order valence-electron chi connectivity index (χ4n) is 4.70. The number of methoxy groups -OCH3 is 1. The first-order valence-corrected chi connectivity index (χ1v) is 11.6. The van der Waals surface area contributed by atoms with Gasteiger partial charge >= 0.3 is 6.03 Å². The molecule has 10 heteroatoms. The summed E-state index contributed by atoms with van der Waals surface area (Å²) in [6.07, 6.45) is 6.91. The number of aliphatic hydroxyl groups is 2. The molecule has 1 aromatic heterocycles. The Kier molecular flexibility index (Phi) is 7.46. The number of benzene rings is 1. The number of nitrogens with one attached hydrogen (secondary N) is 2. The van der Waals surface area contributed by atoms with Crippen molar-refractivity contribution in [3.05, 3.63) is 36.2 Å². The Morgan fingerprint density at radius 1 is 1.30 bits per heavy atom. The standard InChI is InChI=1S/C23H33N5O5/c1-32-19-7-3-2-6-17(19)24-22(30)25-18-9-8-16(33-20(18)15-29)10-13-28-14-21(26-27-28)23(31)11-4-5-12-23/h2-3,6-7,14,16,18,20,29,31H,4-5,8-13,15H2,1H3,(H2,24,25,30)/t16-,18-,20-/m1/s1. The van der Waals surface area contributed by atoms with Crippen LogP contribution < -0.4 is 15.4 Å². The Hall–Kier alpha value is -2.69. The fraction of sp³-hybridized carbons (Fsp3) is 0.609. The summed E-state index contributed by atoms with van der Waals surface area (Å²) in [5.74, 6) is 0.572. The molecule has 4 N–H and O–H groups in total. The van der Waals surface area contributed by atoms with E-state index in [1.165, 1.54) is 0 Å². The molecule has 3 atom stereocenters. The highest BCUT2D eigenvalue weighted by Gasteiger charge is 2.36.